The molecule has 0 saturated carbocycles. The Labute approximate surface area is 213 Å². The van der Waals surface area contributed by atoms with Crippen molar-refractivity contribution in [2.75, 3.05) is 37.7 Å². The third kappa shape index (κ3) is 5.23. The van der Waals surface area contributed by atoms with Gasteiger partial charge in [0, 0.05) is 26.2 Å². The number of carbonyl (C=O) groups excluding carboxylic acids is 2. The molecule has 1 saturated heterocycles. The van der Waals surface area contributed by atoms with E-state index in [-0.39, 0.29) is 24.1 Å². The maximum atomic E-state index is 13.1. The Hall–Kier alpha value is -4.84. The zero-order valence-electron chi connectivity index (χ0n) is 19.9. The lowest BCUT2D eigenvalue weighted by Crippen LogP contribution is -2.50. The minimum atomic E-state index is -0.619. The second-order valence-corrected chi connectivity index (χ2v) is 8.49. The van der Waals surface area contributed by atoms with E-state index in [1.807, 2.05) is 65.6 Å². The van der Waals surface area contributed by atoms with E-state index in [2.05, 4.69) is 11.1 Å². The predicted octanol–water partition coefficient (Wildman–Crippen LogP) is 3.83. The quantitative estimate of drug-likeness (QED) is 0.355. The number of furan rings is 1. The van der Waals surface area contributed by atoms with Crippen LogP contribution in [0.5, 0.6) is 0 Å². The Bertz CT molecular complexity index is 1350. The number of oxazole rings is 1. The molecule has 3 heterocycles. The first kappa shape index (κ1) is 23.9. The van der Waals surface area contributed by atoms with Crippen LogP contribution in [0.1, 0.15) is 22.7 Å². The van der Waals surface area contributed by atoms with Crippen LogP contribution >= 0.6 is 0 Å². The lowest BCUT2D eigenvalue weighted by Gasteiger charge is -2.34. The van der Waals surface area contributed by atoms with Crippen molar-refractivity contribution >= 4 is 17.8 Å². The van der Waals surface area contributed by atoms with Crippen molar-refractivity contribution in [3.8, 4) is 17.7 Å². The maximum absolute atomic E-state index is 13.1. The molecule has 186 valence electrons. The zero-order valence-corrected chi connectivity index (χ0v) is 19.9. The Kier molecular flexibility index (Phi) is 6.99. The van der Waals surface area contributed by atoms with E-state index in [9.17, 15) is 14.9 Å². The van der Waals surface area contributed by atoms with Crippen LogP contribution in [0.15, 0.2) is 87.9 Å². The van der Waals surface area contributed by atoms with E-state index in [1.165, 1.54) is 6.26 Å². The minimum absolute atomic E-state index is 0.160. The molecule has 37 heavy (non-hydrogen) atoms. The minimum Gasteiger partial charge on any atom is -0.459 e. The highest BCUT2D eigenvalue weighted by atomic mass is 16.5. The summed E-state index contributed by atoms with van der Waals surface area (Å²) >= 11 is 0. The first-order chi connectivity index (χ1) is 18.1. The fourth-order valence-corrected chi connectivity index (χ4v) is 4.33. The van der Waals surface area contributed by atoms with Gasteiger partial charge in [-0.2, -0.15) is 10.2 Å². The van der Waals surface area contributed by atoms with Gasteiger partial charge in [0.25, 0.3) is 11.8 Å². The van der Waals surface area contributed by atoms with Gasteiger partial charge in [0.15, 0.2) is 12.4 Å². The van der Waals surface area contributed by atoms with Gasteiger partial charge in [-0.1, -0.05) is 60.7 Å². The Morgan fingerprint density at radius 3 is 2.16 bits per heavy atom. The smallest absolute Gasteiger partial charge is 0.318 e. The van der Waals surface area contributed by atoms with Crippen LogP contribution in [0.3, 0.4) is 0 Å². The number of hydrogen-bond donors (Lipinski definition) is 0. The number of amides is 1. The van der Waals surface area contributed by atoms with Gasteiger partial charge in [0.1, 0.15) is 12.0 Å². The second-order valence-electron chi connectivity index (χ2n) is 8.49. The summed E-state index contributed by atoms with van der Waals surface area (Å²) in [6.07, 6.45) is 1.50. The number of hydrogen-bond acceptors (Lipinski definition) is 8. The number of nitrogens with zero attached hydrogens (tertiary/aromatic N) is 4. The largest absolute Gasteiger partial charge is 0.459 e. The van der Waals surface area contributed by atoms with Gasteiger partial charge in [-0.25, -0.2) is 0 Å². The number of anilines is 1. The predicted molar refractivity (Wildman–Crippen MR) is 133 cm³/mol. The summed E-state index contributed by atoms with van der Waals surface area (Å²) < 4.78 is 16.6. The van der Waals surface area contributed by atoms with Crippen molar-refractivity contribution in [1.82, 2.24) is 9.88 Å². The van der Waals surface area contributed by atoms with Gasteiger partial charge in [-0.3, -0.25) is 9.59 Å². The summed E-state index contributed by atoms with van der Waals surface area (Å²) in [6, 6.07) is 24.2. The molecule has 9 nitrogen and oxygen atoms in total. The zero-order chi connectivity index (χ0) is 25.6. The first-order valence-corrected chi connectivity index (χ1v) is 11.9. The molecule has 9 heteroatoms. The molecule has 1 aliphatic rings. The van der Waals surface area contributed by atoms with Crippen LogP contribution in [0.25, 0.3) is 11.7 Å². The number of ether oxygens (including phenoxy) is 1. The number of piperazine rings is 1. The highest BCUT2D eigenvalue weighted by Crippen LogP contribution is 2.29. The molecule has 0 spiro atoms. The van der Waals surface area contributed by atoms with Crippen molar-refractivity contribution in [3.05, 3.63) is 95.9 Å². The molecule has 0 aliphatic carbocycles. The van der Waals surface area contributed by atoms with Crippen molar-refractivity contribution < 1.29 is 23.2 Å². The molecule has 1 amide bonds. The van der Waals surface area contributed by atoms with Crippen molar-refractivity contribution in [2.45, 2.75) is 5.92 Å². The van der Waals surface area contributed by atoms with E-state index in [0.717, 1.165) is 11.1 Å². The molecule has 0 N–H and O–H groups in total. The third-order valence-corrected chi connectivity index (χ3v) is 6.21. The molecular weight excluding hydrogens is 472 g/mol. The van der Waals surface area contributed by atoms with Gasteiger partial charge >= 0.3 is 5.97 Å². The number of benzene rings is 2. The molecule has 1 aliphatic heterocycles. The number of carbonyl (C=O) groups is 2. The molecule has 0 radical (unpaired) electrons. The lowest BCUT2D eigenvalue weighted by molar-refractivity contribution is -0.152. The highest BCUT2D eigenvalue weighted by molar-refractivity contribution is 5.85. The number of esters is 1. The third-order valence-electron chi connectivity index (χ3n) is 6.21. The number of aromatic nitrogens is 1. The highest BCUT2D eigenvalue weighted by Gasteiger charge is 2.29. The molecule has 5 rings (SSSR count). The van der Waals surface area contributed by atoms with Crippen LogP contribution in [0.4, 0.5) is 5.88 Å². The Morgan fingerprint density at radius 1 is 0.946 bits per heavy atom. The van der Waals surface area contributed by atoms with Gasteiger partial charge in [-0.15, -0.1) is 0 Å². The van der Waals surface area contributed by atoms with E-state index in [0.29, 0.717) is 37.8 Å². The van der Waals surface area contributed by atoms with Crippen molar-refractivity contribution in [3.63, 3.8) is 0 Å². The first-order valence-electron chi connectivity index (χ1n) is 11.9. The monoisotopic (exact) mass is 496 g/mol. The van der Waals surface area contributed by atoms with Crippen LogP contribution in [-0.2, 0) is 14.3 Å². The van der Waals surface area contributed by atoms with Gasteiger partial charge in [0.05, 0.1) is 6.26 Å². The van der Waals surface area contributed by atoms with E-state index >= 15 is 0 Å². The van der Waals surface area contributed by atoms with Crippen LogP contribution in [-0.4, -0.2) is 54.5 Å². The molecule has 0 atom stereocenters. The summed E-state index contributed by atoms with van der Waals surface area (Å²) in [6.45, 7) is 1.32. The summed E-state index contributed by atoms with van der Waals surface area (Å²) in [4.78, 5) is 33.7. The van der Waals surface area contributed by atoms with E-state index < -0.39 is 11.9 Å². The fraction of sp³-hybridized carbons (Fsp3) is 0.214. The molecule has 2 aromatic carbocycles. The Balaban J connectivity index is 1.20. The average molecular weight is 497 g/mol. The molecule has 4 aromatic rings. The fourth-order valence-electron chi connectivity index (χ4n) is 4.33. The van der Waals surface area contributed by atoms with Gasteiger partial charge in [0.2, 0.25) is 11.6 Å². The summed E-state index contributed by atoms with van der Waals surface area (Å²) in [5.41, 5.74) is 1.76. The summed E-state index contributed by atoms with van der Waals surface area (Å²) in [5, 5.41) is 9.49. The standard InChI is InChI=1S/C28H24N4O5/c29-18-22-27(37-26(30-22)23-12-7-17-35-23)32-15-13-31(14-16-32)24(33)19-36-28(34)25(20-8-3-1-4-9-20)21-10-5-2-6-11-21/h1-12,17,25H,13-16,19H2. The Morgan fingerprint density at radius 2 is 1.59 bits per heavy atom. The summed E-state index contributed by atoms with van der Waals surface area (Å²) in [5.74, 6) is -0.360. The lowest BCUT2D eigenvalue weighted by atomic mass is 9.91. The van der Waals surface area contributed by atoms with Gasteiger partial charge < -0.3 is 23.4 Å². The van der Waals surface area contributed by atoms with Crippen molar-refractivity contribution in [1.29, 1.82) is 5.26 Å². The van der Waals surface area contributed by atoms with Crippen LogP contribution in [0.2, 0.25) is 0 Å². The van der Waals surface area contributed by atoms with E-state index in [1.54, 1.807) is 17.0 Å². The molecule has 1 fully saturated rings. The van der Waals surface area contributed by atoms with E-state index in [4.69, 9.17) is 13.6 Å². The van der Waals surface area contributed by atoms with Gasteiger partial charge in [-0.05, 0) is 23.3 Å². The molecule has 0 bridgehead atoms. The normalized spacial score (nSPS) is 13.4. The topological polar surface area (TPSA) is 113 Å². The van der Waals surface area contributed by atoms with Crippen molar-refractivity contribution in [2.24, 2.45) is 0 Å². The van der Waals surface area contributed by atoms with Crippen LogP contribution < -0.4 is 4.90 Å². The molecular formula is C28H24N4O5. The SMILES string of the molecule is N#Cc1nc(-c2ccco2)oc1N1CCN(C(=O)COC(=O)C(c2ccccc2)c2ccccc2)CC1. The average Bonchev–Trinajstić information content (AvgIpc) is 3.64. The van der Waals surface area contributed by atoms with Crippen LogP contribution in [0, 0.1) is 11.3 Å². The maximum Gasteiger partial charge on any atom is 0.318 e. The number of nitriles is 1. The number of rotatable bonds is 7. The molecule has 0 unspecified atom stereocenters. The summed E-state index contributed by atoms with van der Waals surface area (Å²) in [7, 11) is 0. The second kappa shape index (κ2) is 10.8. The molecule has 2 aromatic heterocycles.